The zero-order chi connectivity index (χ0) is 10.3. The molecule has 0 saturated carbocycles. The molecule has 1 heterocycles. The standard InChI is InChI=1S/C13H14O2/c1-2-5-12(6-3-1)11-14-10-8-13-7-4-9-15-13/h1-7,9H,8,10-11H2. The molecule has 2 nitrogen and oxygen atoms in total. The summed E-state index contributed by atoms with van der Waals surface area (Å²) in [6, 6.07) is 14.0. The van der Waals surface area contributed by atoms with E-state index in [9.17, 15) is 0 Å². The molecule has 15 heavy (non-hydrogen) atoms. The van der Waals surface area contributed by atoms with Crippen molar-refractivity contribution >= 4 is 0 Å². The number of hydrogen-bond donors (Lipinski definition) is 0. The summed E-state index contributed by atoms with van der Waals surface area (Å²) in [6.07, 6.45) is 2.52. The predicted octanol–water partition coefficient (Wildman–Crippen LogP) is 3.04. The molecule has 0 aliphatic carbocycles. The highest BCUT2D eigenvalue weighted by atomic mass is 16.5. The molecule has 0 fully saturated rings. The molecule has 0 radical (unpaired) electrons. The Hall–Kier alpha value is -1.54. The summed E-state index contributed by atoms with van der Waals surface area (Å²) in [7, 11) is 0. The van der Waals surface area contributed by atoms with Gasteiger partial charge in [-0.1, -0.05) is 30.3 Å². The molecule has 0 spiro atoms. The van der Waals surface area contributed by atoms with Gasteiger partial charge >= 0.3 is 0 Å². The van der Waals surface area contributed by atoms with Crippen LogP contribution in [0.4, 0.5) is 0 Å². The second-order valence-corrected chi connectivity index (χ2v) is 3.37. The third-order valence-electron chi connectivity index (χ3n) is 2.18. The van der Waals surface area contributed by atoms with Gasteiger partial charge in [-0.2, -0.15) is 0 Å². The lowest BCUT2D eigenvalue weighted by atomic mass is 10.2. The zero-order valence-corrected chi connectivity index (χ0v) is 8.56. The molecule has 2 heteroatoms. The molecule has 0 atom stereocenters. The van der Waals surface area contributed by atoms with Crippen LogP contribution in [-0.4, -0.2) is 6.61 Å². The fraction of sp³-hybridized carbons (Fsp3) is 0.231. The Morgan fingerprint density at radius 1 is 1.00 bits per heavy atom. The van der Waals surface area contributed by atoms with Crippen molar-refractivity contribution in [3.05, 3.63) is 60.1 Å². The normalized spacial score (nSPS) is 10.4. The van der Waals surface area contributed by atoms with Crippen molar-refractivity contribution in [1.82, 2.24) is 0 Å². The minimum atomic E-state index is 0.668. The Kier molecular flexibility index (Phi) is 3.58. The van der Waals surface area contributed by atoms with E-state index in [0.717, 1.165) is 12.2 Å². The van der Waals surface area contributed by atoms with Gasteiger partial charge in [0.25, 0.3) is 0 Å². The Morgan fingerprint density at radius 2 is 1.87 bits per heavy atom. The van der Waals surface area contributed by atoms with Crippen LogP contribution in [0.3, 0.4) is 0 Å². The lowest BCUT2D eigenvalue weighted by molar-refractivity contribution is 0.120. The summed E-state index contributed by atoms with van der Waals surface area (Å²) in [4.78, 5) is 0. The fourth-order valence-electron chi connectivity index (χ4n) is 1.39. The van der Waals surface area contributed by atoms with Crippen LogP contribution in [-0.2, 0) is 17.8 Å². The summed E-state index contributed by atoms with van der Waals surface area (Å²) in [5.74, 6) is 0.975. The van der Waals surface area contributed by atoms with Gasteiger partial charge < -0.3 is 9.15 Å². The van der Waals surface area contributed by atoms with Gasteiger partial charge in [-0.15, -0.1) is 0 Å². The largest absolute Gasteiger partial charge is 0.469 e. The van der Waals surface area contributed by atoms with E-state index in [-0.39, 0.29) is 0 Å². The Balaban J connectivity index is 1.68. The maximum Gasteiger partial charge on any atom is 0.106 e. The van der Waals surface area contributed by atoms with Crippen molar-refractivity contribution in [2.45, 2.75) is 13.0 Å². The van der Waals surface area contributed by atoms with Crippen LogP contribution in [0.25, 0.3) is 0 Å². The molecule has 2 rings (SSSR count). The number of ether oxygens (including phenoxy) is 1. The van der Waals surface area contributed by atoms with Gasteiger partial charge in [-0.25, -0.2) is 0 Å². The third-order valence-corrected chi connectivity index (χ3v) is 2.18. The molecule has 1 aromatic heterocycles. The van der Waals surface area contributed by atoms with Crippen LogP contribution < -0.4 is 0 Å². The molecule has 1 aromatic carbocycles. The van der Waals surface area contributed by atoms with Crippen LogP contribution in [0.2, 0.25) is 0 Å². The topological polar surface area (TPSA) is 22.4 Å². The van der Waals surface area contributed by atoms with Crippen molar-refractivity contribution in [3.63, 3.8) is 0 Å². The first-order valence-electron chi connectivity index (χ1n) is 5.09. The quantitative estimate of drug-likeness (QED) is 0.695. The Labute approximate surface area is 89.5 Å². The van der Waals surface area contributed by atoms with E-state index in [1.165, 1.54) is 5.56 Å². The molecule has 0 N–H and O–H groups in total. The lowest BCUT2D eigenvalue weighted by Crippen LogP contribution is -1.97. The monoisotopic (exact) mass is 202 g/mol. The van der Waals surface area contributed by atoms with Gasteiger partial charge in [0.05, 0.1) is 19.5 Å². The van der Waals surface area contributed by atoms with Crippen LogP contribution >= 0.6 is 0 Å². The van der Waals surface area contributed by atoms with E-state index in [2.05, 4.69) is 12.1 Å². The SMILES string of the molecule is c1ccc(COCCc2ccco2)cc1. The Bertz CT molecular complexity index is 365. The molecule has 78 valence electrons. The number of hydrogen-bond acceptors (Lipinski definition) is 2. The first-order chi connectivity index (χ1) is 7.45. The summed E-state index contributed by atoms with van der Waals surface area (Å²) < 4.78 is 10.7. The highest BCUT2D eigenvalue weighted by Gasteiger charge is 1.96. The molecular formula is C13H14O2. The third kappa shape index (κ3) is 3.26. The van der Waals surface area contributed by atoms with Gasteiger partial charge in [-0.3, -0.25) is 0 Å². The van der Waals surface area contributed by atoms with Crippen LogP contribution in [0.1, 0.15) is 11.3 Å². The maximum atomic E-state index is 5.53. The highest BCUT2D eigenvalue weighted by molar-refractivity contribution is 5.13. The molecule has 0 aliphatic heterocycles. The summed E-state index contributed by atoms with van der Waals surface area (Å²) >= 11 is 0. The maximum absolute atomic E-state index is 5.53. The van der Waals surface area contributed by atoms with Crippen LogP contribution in [0.15, 0.2) is 53.1 Å². The highest BCUT2D eigenvalue weighted by Crippen LogP contribution is 2.03. The minimum Gasteiger partial charge on any atom is -0.469 e. The zero-order valence-electron chi connectivity index (χ0n) is 8.56. The van der Waals surface area contributed by atoms with Gasteiger partial charge in [0.1, 0.15) is 5.76 Å². The smallest absolute Gasteiger partial charge is 0.106 e. The second-order valence-electron chi connectivity index (χ2n) is 3.37. The lowest BCUT2D eigenvalue weighted by Gasteiger charge is -2.02. The molecule has 0 unspecified atom stereocenters. The minimum absolute atomic E-state index is 0.668. The van der Waals surface area contributed by atoms with E-state index < -0.39 is 0 Å². The second kappa shape index (κ2) is 5.37. The van der Waals surface area contributed by atoms with Crippen LogP contribution in [0.5, 0.6) is 0 Å². The van der Waals surface area contributed by atoms with E-state index in [0.29, 0.717) is 13.2 Å². The average Bonchev–Trinajstić information content (AvgIpc) is 2.79. The van der Waals surface area contributed by atoms with Crippen molar-refractivity contribution < 1.29 is 9.15 Å². The van der Waals surface area contributed by atoms with Crippen molar-refractivity contribution in [2.24, 2.45) is 0 Å². The fourth-order valence-corrected chi connectivity index (χ4v) is 1.39. The molecule has 0 bridgehead atoms. The molecule has 2 aromatic rings. The average molecular weight is 202 g/mol. The van der Waals surface area contributed by atoms with Crippen molar-refractivity contribution in [3.8, 4) is 0 Å². The first-order valence-corrected chi connectivity index (χ1v) is 5.09. The summed E-state index contributed by atoms with van der Waals surface area (Å²) in [6.45, 7) is 1.37. The number of benzene rings is 1. The molecule has 0 saturated heterocycles. The van der Waals surface area contributed by atoms with Gasteiger partial charge in [0.15, 0.2) is 0 Å². The van der Waals surface area contributed by atoms with Crippen molar-refractivity contribution in [2.75, 3.05) is 6.61 Å². The van der Waals surface area contributed by atoms with E-state index >= 15 is 0 Å². The van der Waals surface area contributed by atoms with Crippen LogP contribution in [0, 0.1) is 0 Å². The van der Waals surface area contributed by atoms with Gasteiger partial charge in [0.2, 0.25) is 0 Å². The van der Waals surface area contributed by atoms with E-state index in [1.54, 1.807) is 6.26 Å². The molecule has 0 amide bonds. The number of rotatable bonds is 5. The summed E-state index contributed by atoms with van der Waals surface area (Å²) in [5, 5.41) is 0. The van der Waals surface area contributed by atoms with E-state index in [1.807, 2.05) is 30.3 Å². The summed E-state index contributed by atoms with van der Waals surface area (Å²) in [5.41, 5.74) is 1.21. The van der Waals surface area contributed by atoms with E-state index in [4.69, 9.17) is 9.15 Å². The first kappa shape index (κ1) is 9.99. The Morgan fingerprint density at radius 3 is 2.60 bits per heavy atom. The molecule has 0 aliphatic rings. The molecular weight excluding hydrogens is 188 g/mol. The van der Waals surface area contributed by atoms with Gasteiger partial charge in [0, 0.05) is 6.42 Å². The van der Waals surface area contributed by atoms with Gasteiger partial charge in [-0.05, 0) is 17.7 Å². The van der Waals surface area contributed by atoms with Crippen molar-refractivity contribution in [1.29, 1.82) is 0 Å². The number of furan rings is 1. The predicted molar refractivity (Wildman–Crippen MR) is 58.5 cm³/mol.